The Labute approximate surface area is 148 Å². The number of piperazine rings is 1. The van der Waals surface area contributed by atoms with Gasteiger partial charge in [-0.05, 0) is 24.7 Å². The fraction of sp³-hybridized carbons (Fsp3) is 0.444. The normalized spacial score (nSPS) is 15.9. The van der Waals surface area contributed by atoms with Crippen molar-refractivity contribution >= 4 is 16.7 Å². The van der Waals surface area contributed by atoms with Gasteiger partial charge in [0.15, 0.2) is 0 Å². The van der Waals surface area contributed by atoms with Crippen LogP contribution < -0.4 is 9.64 Å². The number of aromatic amines is 1. The summed E-state index contributed by atoms with van der Waals surface area (Å²) in [4.78, 5) is 4.87. The van der Waals surface area contributed by atoms with Crippen LogP contribution in [0.25, 0.3) is 22.3 Å². The number of benzene rings is 1. The van der Waals surface area contributed by atoms with E-state index in [-0.39, 0.29) is 1.43 Å². The van der Waals surface area contributed by atoms with Gasteiger partial charge in [0.05, 0.1) is 12.6 Å². The number of H-pyrrole nitrogens is 1. The van der Waals surface area contributed by atoms with E-state index in [0.717, 1.165) is 66.6 Å². The van der Waals surface area contributed by atoms with E-state index in [1.165, 1.54) is 0 Å². The number of likely N-dealkylation sites (N-methyl/N-ethyl adjacent to an activating group) is 1. The molecule has 3 aromatic rings. The lowest BCUT2D eigenvalue weighted by molar-refractivity contribution is 0.270. The summed E-state index contributed by atoms with van der Waals surface area (Å²) in [5, 5.41) is 13.3. The van der Waals surface area contributed by atoms with Crippen molar-refractivity contribution in [2.45, 2.75) is 6.92 Å². The van der Waals surface area contributed by atoms with Gasteiger partial charge in [0.1, 0.15) is 23.0 Å². The minimum absolute atomic E-state index is 0. The highest BCUT2D eigenvalue weighted by Crippen LogP contribution is 2.30. The Morgan fingerprint density at radius 3 is 2.72 bits per heavy atom. The predicted octanol–water partition coefficient (Wildman–Crippen LogP) is 2.36. The molecule has 134 valence electrons. The number of hydrogen-bond donors (Lipinski definition) is 1. The van der Waals surface area contributed by atoms with Crippen LogP contribution in [0.2, 0.25) is 0 Å². The zero-order valence-electron chi connectivity index (χ0n) is 15.0. The highest BCUT2D eigenvalue weighted by atomic mass is 16.5. The van der Waals surface area contributed by atoms with Crippen LogP contribution in [0.5, 0.6) is 5.75 Å². The largest absolute Gasteiger partial charge is 0.497 e. The average Bonchev–Trinajstić information content (AvgIpc) is 3.24. The molecule has 0 radical (unpaired) electrons. The smallest absolute Gasteiger partial charge is 0.127 e. The number of fused-ring (bicyclic) bond motifs is 1. The van der Waals surface area contributed by atoms with Crippen molar-refractivity contribution in [3.05, 3.63) is 24.3 Å². The number of ether oxygens (including phenoxy) is 1. The van der Waals surface area contributed by atoms with E-state index in [2.05, 4.69) is 33.0 Å². The maximum Gasteiger partial charge on any atom is 0.127 e. The van der Waals surface area contributed by atoms with E-state index >= 15 is 0 Å². The van der Waals surface area contributed by atoms with Crippen molar-refractivity contribution in [3.8, 4) is 17.1 Å². The van der Waals surface area contributed by atoms with E-state index in [9.17, 15) is 0 Å². The minimum Gasteiger partial charge on any atom is -0.497 e. The molecule has 1 aliphatic rings. The number of hydrogen-bond acceptors (Lipinski definition) is 5. The number of nitrogens with zero attached hydrogens (tertiary/aromatic N) is 5. The van der Waals surface area contributed by atoms with Gasteiger partial charge in [-0.1, -0.05) is 6.92 Å². The Balaban J connectivity index is 0.00000196. The Morgan fingerprint density at radius 1 is 1.20 bits per heavy atom. The number of anilines is 1. The number of aryl methyl sites for hydroxylation is 1. The van der Waals surface area contributed by atoms with Gasteiger partial charge in [0, 0.05) is 46.1 Å². The van der Waals surface area contributed by atoms with Crippen molar-refractivity contribution in [2.75, 3.05) is 44.7 Å². The molecule has 1 aliphatic heterocycles. The number of methoxy groups -OCH3 is 1. The summed E-state index contributed by atoms with van der Waals surface area (Å²) < 4.78 is 7.30. The molecule has 0 bridgehead atoms. The van der Waals surface area contributed by atoms with Gasteiger partial charge in [-0.15, -0.1) is 0 Å². The lowest BCUT2D eigenvalue weighted by atomic mass is 10.1. The second kappa shape index (κ2) is 6.40. The van der Waals surface area contributed by atoms with Gasteiger partial charge in [-0.25, -0.2) is 0 Å². The predicted molar refractivity (Wildman–Crippen MR) is 101 cm³/mol. The maximum atomic E-state index is 5.35. The third-order valence-electron chi connectivity index (χ3n) is 5.01. The highest BCUT2D eigenvalue weighted by Gasteiger charge is 2.21. The second-order valence-corrected chi connectivity index (χ2v) is 6.42. The molecule has 7 nitrogen and oxygen atoms in total. The first-order valence-electron chi connectivity index (χ1n) is 8.73. The summed E-state index contributed by atoms with van der Waals surface area (Å²) in [5.74, 6) is 1.96. The number of nitrogens with one attached hydrogen (secondary N) is 1. The topological polar surface area (TPSA) is 62.2 Å². The van der Waals surface area contributed by atoms with Crippen molar-refractivity contribution < 1.29 is 6.16 Å². The van der Waals surface area contributed by atoms with E-state index < -0.39 is 0 Å². The molecule has 1 N–H and O–H groups in total. The third kappa shape index (κ3) is 2.84. The molecule has 0 saturated carbocycles. The summed E-state index contributed by atoms with van der Waals surface area (Å²) in [6, 6.07) is 8.05. The molecule has 7 heteroatoms. The monoisotopic (exact) mass is 342 g/mol. The molecule has 3 heterocycles. The lowest BCUT2D eigenvalue weighted by Crippen LogP contribution is -2.46. The van der Waals surface area contributed by atoms with Crippen LogP contribution in [0.15, 0.2) is 24.3 Å². The molecule has 2 aromatic heterocycles. The van der Waals surface area contributed by atoms with Crippen LogP contribution in [0.1, 0.15) is 8.35 Å². The summed E-state index contributed by atoms with van der Waals surface area (Å²) in [6.45, 7) is 7.59. The van der Waals surface area contributed by atoms with Crippen molar-refractivity contribution in [1.82, 2.24) is 24.9 Å². The zero-order chi connectivity index (χ0) is 17.4. The van der Waals surface area contributed by atoms with Gasteiger partial charge in [-0.2, -0.15) is 10.2 Å². The van der Waals surface area contributed by atoms with Gasteiger partial charge < -0.3 is 14.5 Å². The molecule has 0 amide bonds. The fourth-order valence-corrected chi connectivity index (χ4v) is 3.48. The molecule has 0 unspecified atom stereocenters. The minimum atomic E-state index is 0. The van der Waals surface area contributed by atoms with Gasteiger partial charge >= 0.3 is 0 Å². The zero-order valence-corrected chi connectivity index (χ0v) is 15.0. The van der Waals surface area contributed by atoms with E-state index in [0.29, 0.717) is 0 Å². The summed E-state index contributed by atoms with van der Waals surface area (Å²) >= 11 is 0. The summed E-state index contributed by atoms with van der Waals surface area (Å²) in [5.41, 5.74) is 2.73. The summed E-state index contributed by atoms with van der Waals surface area (Å²) in [6.07, 6.45) is 0. The van der Waals surface area contributed by atoms with E-state index in [4.69, 9.17) is 9.84 Å². The Hall–Kier alpha value is -2.54. The third-order valence-corrected chi connectivity index (χ3v) is 5.01. The second-order valence-electron chi connectivity index (χ2n) is 6.42. The van der Waals surface area contributed by atoms with Crippen molar-refractivity contribution in [3.63, 3.8) is 0 Å². The Morgan fingerprint density at radius 2 is 2.00 bits per heavy atom. The quantitative estimate of drug-likeness (QED) is 0.789. The average molecular weight is 342 g/mol. The van der Waals surface area contributed by atoms with Crippen LogP contribution in [0.3, 0.4) is 0 Å². The lowest BCUT2D eigenvalue weighted by Gasteiger charge is -2.35. The first-order chi connectivity index (χ1) is 12.2. The van der Waals surface area contributed by atoms with Crippen molar-refractivity contribution in [1.29, 1.82) is 0 Å². The van der Waals surface area contributed by atoms with Crippen LogP contribution in [-0.4, -0.2) is 64.7 Å². The fourth-order valence-electron chi connectivity index (χ4n) is 3.48. The van der Waals surface area contributed by atoms with Gasteiger partial charge in [-0.3, -0.25) is 9.78 Å². The molecule has 4 rings (SSSR count). The van der Waals surface area contributed by atoms with E-state index in [1.807, 2.05) is 29.9 Å². The van der Waals surface area contributed by atoms with Crippen LogP contribution in [0.4, 0.5) is 5.82 Å². The van der Waals surface area contributed by atoms with Gasteiger partial charge in [0.2, 0.25) is 0 Å². The van der Waals surface area contributed by atoms with Crippen LogP contribution in [-0.2, 0) is 7.05 Å². The highest BCUT2D eigenvalue weighted by molar-refractivity contribution is 5.93. The number of rotatable bonds is 4. The first kappa shape index (κ1) is 16.0. The molecule has 25 heavy (non-hydrogen) atoms. The molecular weight excluding hydrogens is 316 g/mol. The molecule has 1 fully saturated rings. The van der Waals surface area contributed by atoms with Crippen molar-refractivity contribution in [2.24, 2.45) is 7.05 Å². The van der Waals surface area contributed by atoms with E-state index in [1.54, 1.807) is 7.11 Å². The molecule has 0 aliphatic carbocycles. The van der Waals surface area contributed by atoms with Crippen LogP contribution in [0, 0.1) is 0 Å². The molecule has 1 saturated heterocycles. The standard InChI is InChI=1S/C18H24N6O.H2/c1-4-23-7-9-24(10-8-23)17-12-16(21-22(17)2)18-14-11-13(25-3)5-6-15(14)19-20-18;/h5-6,11-12H,4,7-10H2,1-3H3,(H,19,20);1H. The van der Waals surface area contributed by atoms with Crippen LogP contribution >= 0.6 is 0 Å². The SMILES string of the molecule is CCN1CCN(c2cc(-c3n[nH]c4ccc(OC)cc34)nn2C)CC1.[HH]. The molecule has 0 atom stereocenters. The Bertz CT molecular complexity index is 881. The summed E-state index contributed by atoms with van der Waals surface area (Å²) in [7, 11) is 3.68. The Kier molecular flexibility index (Phi) is 4.09. The maximum absolute atomic E-state index is 5.35. The molecular formula is C18H26N6O. The first-order valence-corrected chi connectivity index (χ1v) is 8.73. The van der Waals surface area contributed by atoms with Gasteiger partial charge in [0.25, 0.3) is 0 Å². The molecule has 1 aromatic carbocycles. The number of aromatic nitrogens is 4. The molecule has 0 spiro atoms.